The van der Waals surface area contributed by atoms with E-state index < -0.39 is 23.1 Å². The van der Waals surface area contributed by atoms with E-state index in [1.54, 1.807) is 19.3 Å². The lowest BCUT2D eigenvalue weighted by Crippen LogP contribution is -2.39. The Bertz CT molecular complexity index is 1590. The van der Waals surface area contributed by atoms with Crippen LogP contribution < -0.4 is 5.69 Å². The number of pyridine rings is 1. The van der Waals surface area contributed by atoms with E-state index in [-0.39, 0.29) is 18.0 Å². The number of halogens is 4. The van der Waals surface area contributed by atoms with E-state index in [0.29, 0.717) is 43.1 Å². The third-order valence-electron chi connectivity index (χ3n) is 8.59. The summed E-state index contributed by atoms with van der Waals surface area (Å²) in [6.07, 6.45) is 3.64. The second-order valence-electron chi connectivity index (χ2n) is 11.5. The van der Waals surface area contributed by atoms with E-state index in [0.717, 1.165) is 41.1 Å². The monoisotopic (exact) mass is 556 g/mol. The molecule has 2 fully saturated rings. The Morgan fingerprint density at radius 3 is 2.50 bits per heavy atom. The number of piperidine rings is 1. The van der Waals surface area contributed by atoms with Crippen LogP contribution >= 0.6 is 0 Å². The molecule has 0 bridgehead atoms. The van der Waals surface area contributed by atoms with Crippen molar-refractivity contribution in [3.63, 3.8) is 0 Å². The van der Waals surface area contributed by atoms with E-state index in [2.05, 4.69) is 10.2 Å². The van der Waals surface area contributed by atoms with Crippen LogP contribution in [-0.2, 0) is 19.8 Å². The second-order valence-corrected chi connectivity index (χ2v) is 11.5. The molecule has 1 saturated carbocycles. The fraction of sp³-hybridized carbons (Fsp3) is 0.483. The quantitative estimate of drug-likeness (QED) is 0.295. The van der Waals surface area contributed by atoms with Crippen LogP contribution in [0.15, 0.2) is 53.8 Å². The van der Waals surface area contributed by atoms with Gasteiger partial charge in [0, 0.05) is 45.0 Å². The van der Waals surface area contributed by atoms with Crippen molar-refractivity contribution in [1.82, 2.24) is 28.6 Å². The van der Waals surface area contributed by atoms with Gasteiger partial charge in [-0.15, -0.1) is 10.2 Å². The van der Waals surface area contributed by atoms with Gasteiger partial charge < -0.3 is 4.57 Å². The third kappa shape index (κ3) is 4.95. The van der Waals surface area contributed by atoms with Crippen molar-refractivity contribution >= 4 is 5.52 Å². The van der Waals surface area contributed by atoms with Gasteiger partial charge in [-0.25, -0.2) is 9.18 Å². The average Bonchev–Trinajstić information content (AvgIpc) is 3.44. The number of hydrogen-bond acceptors (Lipinski definition) is 4. The second kappa shape index (κ2) is 9.87. The number of alkyl halides is 4. The number of hydrogen-bond donors (Lipinski definition) is 0. The minimum atomic E-state index is -4.65. The molecule has 0 N–H and O–H groups in total. The highest BCUT2D eigenvalue weighted by atomic mass is 19.4. The van der Waals surface area contributed by atoms with Gasteiger partial charge in [0.05, 0.1) is 16.8 Å². The van der Waals surface area contributed by atoms with E-state index in [1.165, 1.54) is 17.0 Å². The maximum Gasteiger partial charge on any atom is 0.418 e. The van der Waals surface area contributed by atoms with Gasteiger partial charge in [0.2, 0.25) is 0 Å². The molecule has 40 heavy (non-hydrogen) atoms. The largest absolute Gasteiger partial charge is 0.418 e. The van der Waals surface area contributed by atoms with Crippen molar-refractivity contribution in [3.8, 4) is 5.69 Å². The topological polar surface area (TPSA) is 60.4 Å². The number of aryl methyl sites for hydroxylation is 1. The van der Waals surface area contributed by atoms with Gasteiger partial charge in [-0.2, -0.15) is 13.2 Å². The molecule has 0 unspecified atom stereocenters. The summed E-state index contributed by atoms with van der Waals surface area (Å²) in [6, 6.07) is 8.51. The average molecular weight is 557 g/mol. The zero-order chi connectivity index (χ0) is 28.2. The molecule has 0 radical (unpaired) electrons. The minimum Gasteiger partial charge on any atom is -0.320 e. The molecule has 0 spiro atoms. The Kier molecular flexibility index (Phi) is 6.59. The first-order valence-electron chi connectivity index (χ1n) is 13.7. The summed E-state index contributed by atoms with van der Waals surface area (Å²) < 4.78 is 61.1. The van der Waals surface area contributed by atoms with E-state index >= 15 is 0 Å². The molecule has 4 aromatic rings. The van der Waals surface area contributed by atoms with Gasteiger partial charge in [-0.3, -0.25) is 13.9 Å². The van der Waals surface area contributed by atoms with Crippen LogP contribution in [0.1, 0.15) is 67.5 Å². The van der Waals surface area contributed by atoms with Crippen molar-refractivity contribution in [3.05, 3.63) is 82.1 Å². The zero-order valence-electron chi connectivity index (χ0n) is 22.5. The van der Waals surface area contributed by atoms with Crippen molar-refractivity contribution < 1.29 is 17.6 Å². The minimum absolute atomic E-state index is 0.0259. The number of rotatable bonds is 6. The third-order valence-corrected chi connectivity index (χ3v) is 8.59. The fourth-order valence-electron chi connectivity index (χ4n) is 6.03. The molecule has 11 heteroatoms. The lowest BCUT2D eigenvalue weighted by atomic mass is 9.72. The molecule has 1 aliphatic carbocycles. The summed E-state index contributed by atoms with van der Waals surface area (Å²) in [5.74, 6) is 1.18. The van der Waals surface area contributed by atoms with E-state index in [9.17, 15) is 22.4 Å². The molecular formula is C29H32F4N6O. The number of likely N-dealkylation sites (tertiary alicyclic amines) is 1. The van der Waals surface area contributed by atoms with Crippen molar-refractivity contribution in [2.24, 2.45) is 13.0 Å². The molecule has 1 aromatic carbocycles. The normalized spacial score (nSPS) is 19.1. The van der Waals surface area contributed by atoms with Crippen LogP contribution in [0.3, 0.4) is 0 Å². The van der Waals surface area contributed by atoms with Crippen molar-refractivity contribution in [1.29, 1.82) is 0 Å². The van der Waals surface area contributed by atoms with E-state index in [1.807, 2.05) is 34.7 Å². The number of aromatic nitrogens is 5. The van der Waals surface area contributed by atoms with E-state index in [4.69, 9.17) is 0 Å². The highest BCUT2D eigenvalue weighted by molar-refractivity contribution is 5.58. The molecular weight excluding hydrogens is 524 g/mol. The highest BCUT2D eigenvalue weighted by Crippen LogP contribution is 2.43. The number of benzene rings is 1. The summed E-state index contributed by atoms with van der Waals surface area (Å²) in [5, 5.41) is 8.39. The molecule has 1 saturated heterocycles. The molecule has 0 amide bonds. The van der Waals surface area contributed by atoms with Crippen molar-refractivity contribution in [2.45, 2.75) is 63.3 Å². The van der Waals surface area contributed by atoms with Gasteiger partial charge in [0.1, 0.15) is 17.8 Å². The summed E-state index contributed by atoms with van der Waals surface area (Å²) in [4.78, 5) is 15.5. The Labute approximate surface area is 229 Å². The molecule has 4 heterocycles. The Balaban J connectivity index is 1.40. The van der Waals surface area contributed by atoms with Crippen LogP contribution in [0.2, 0.25) is 0 Å². The predicted molar refractivity (Wildman–Crippen MR) is 142 cm³/mol. The van der Waals surface area contributed by atoms with Crippen LogP contribution in [0.4, 0.5) is 17.6 Å². The molecule has 7 nitrogen and oxygen atoms in total. The van der Waals surface area contributed by atoms with Crippen LogP contribution in [0.5, 0.6) is 0 Å². The predicted octanol–water partition coefficient (Wildman–Crippen LogP) is 5.49. The van der Waals surface area contributed by atoms with Crippen LogP contribution in [0, 0.1) is 5.92 Å². The Morgan fingerprint density at radius 1 is 1.12 bits per heavy atom. The maximum atomic E-state index is 14.2. The van der Waals surface area contributed by atoms with Crippen molar-refractivity contribution in [2.75, 3.05) is 13.1 Å². The summed E-state index contributed by atoms with van der Waals surface area (Å²) in [7, 11) is 1.90. The number of fused-ring (bicyclic) bond motifs is 1. The fourth-order valence-corrected chi connectivity index (χ4v) is 6.03. The maximum absolute atomic E-state index is 14.2. The summed E-state index contributed by atoms with van der Waals surface area (Å²) >= 11 is 0. The SMILES string of the molecule is Cn1cnnc1[C@H](c1cccc(-n2cc3c(C(F)(F)F)cc(CN4CCC(C)(F)CC4)cn3c2=O)c1)C1CCC1. The highest BCUT2D eigenvalue weighted by Gasteiger charge is 2.36. The molecule has 3 aromatic heterocycles. The van der Waals surface area contributed by atoms with Gasteiger partial charge >= 0.3 is 11.9 Å². The first-order chi connectivity index (χ1) is 19.0. The van der Waals surface area contributed by atoms with Gasteiger partial charge in [-0.05, 0) is 67.9 Å². The van der Waals surface area contributed by atoms with Gasteiger partial charge in [-0.1, -0.05) is 18.6 Å². The Morgan fingerprint density at radius 2 is 1.88 bits per heavy atom. The molecule has 212 valence electrons. The summed E-state index contributed by atoms with van der Waals surface area (Å²) in [6.45, 7) is 2.66. The number of nitrogens with zero attached hydrogens (tertiary/aromatic N) is 6. The molecule has 2 aliphatic rings. The molecule has 6 rings (SSSR count). The first kappa shape index (κ1) is 26.7. The van der Waals surface area contributed by atoms with Crippen LogP contribution in [0.25, 0.3) is 11.2 Å². The smallest absolute Gasteiger partial charge is 0.320 e. The molecule has 1 atom stereocenters. The standard InChI is InChI=1S/C29H32F4N6O/c1-28(30)9-11-37(12-10-28)15-19-13-23(29(31,32)33)24-17-38(27(40)39(24)16-19)22-8-4-7-21(14-22)25(20-5-3-6-20)26-35-34-18-36(26)2/h4,7-8,13-14,16-18,20,25H,3,5-6,9-12,15H2,1-2H3/t25-/m0/s1. The lowest BCUT2D eigenvalue weighted by molar-refractivity contribution is -0.136. The zero-order valence-corrected chi connectivity index (χ0v) is 22.5. The first-order valence-corrected chi connectivity index (χ1v) is 13.7. The molecule has 1 aliphatic heterocycles. The lowest BCUT2D eigenvalue weighted by Gasteiger charge is -2.34. The van der Waals surface area contributed by atoms with Gasteiger partial charge in [0.25, 0.3) is 0 Å². The Hall–Kier alpha value is -3.47. The summed E-state index contributed by atoms with van der Waals surface area (Å²) in [5.41, 5.74) is -1.10. The van der Waals surface area contributed by atoms with Crippen LogP contribution in [-0.4, -0.2) is 47.4 Å². The van der Waals surface area contributed by atoms with Gasteiger partial charge in [0.15, 0.2) is 0 Å². The number of imidazole rings is 1.